The van der Waals surface area contributed by atoms with E-state index < -0.39 is 151 Å². The number of halogens is 14. The van der Waals surface area contributed by atoms with Gasteiger partial charge in [0, 0.05) is 45.6 Å². The van der Waals surface area contributed by atoms with Gasteiger partial charge in [-0.15, -0.1) is 26.3 Å². The summed E-state index contributed by atoms with van der Waals surface area (Å²) in [4.78, 5) is 9.96. The molecule has 22 heteroatoms. The monoisotopic (exact) mass is 746 g/mol. The predicted molar refractivity (Wildman–Crippen MR) is 138 cm³/mol. The lowest BCUT2D eigenvalue weighted by Gasteiger charge is -2.19. The van der Waals surface area contributed by atoms with Crippen LogP contribution in [0.1, 0.15) is 22.3 Å². The molecule has 2 aliphatic carbocycles. The largest absolute Gasteiger partial charge is 0.573 e. The van der Waals surface area contributed by atoms with Gasteiger partial charge in [0.25, 0.3) is 23.8 Å². The molecule has 3 aromatic rings. The van der Waals surface area contributed by atoms with Crippen LogP contribution in [-0.4, -0.2) is 22.7 Å². The van der Waals surface area contributed by atoms with Gasteiger partial charge >= 0.3 is 18.5 Å². The number of nitrogens with zero attached hydrogens (tertiary/aromatic N) is 6. The van der Waals surface area contributed by atoms with E-state index >= 15 is 17.6 Å². The second kappa shape index (κ2) is 12.6. The number of benzene rings is 1. The number of hydrogen-bond donors (Lipinski definition) is 0. The number of fused-ring (bicyclic) bond motifs is 2. The van der Waals surface area contributed by atoms with Crippen LogP contribution in [0.2, 0.25) is 0 Å². The first-order valence-corrected chi connectivity index (χ1v) is 13.1. The maximum absolute atomic E-state index is 15.3. The van der Waals surface area contributed by atoms with Gasteiger partial charge in [0.15, 0.2) is 23.3 Å². The van der Waals surface area contributed by atoms with Crippen molar-refractivity contribution in [1.82, 2.24) is 9.97 Å². The molecule has 0 N–H and O–H groups in total. The van der Waals surface area contributed by atoms with Crippen molar-refractivity contribution in [3.63, 3.8) is 0 Å². The van der Waals surface area contributed by atoms with Crippen molar-refractivity contribution in [2.45, 2.75) is 25.6 Å². The average Bonchev–Trinajstić information content (AvgIpc) is 3.62. The number of rotatable bonds is 4. The Hall–Kier alpha value is -6.68. The number of pyridine rings is 2. The second-order valence-electron chi connectivity index (χ2n) is 10.1. The summed E-state index contributed by atoms with van der Waals surface area (Å²) in [7, 11) is 0. The van der Waals surface area contributed by atoms with Crippen LogP contribution in [0.25, 0.3) is 20.8 Å². The zero-order chi connectivity index (χ0) is 38.8. The first-order chi connectivity index (χ1) is 24.2. The highest BCUT2D eigenvalue weighted by Gasteiger charge is 2.45. The van der Waals surface area contributed by atoms with Crippen LogP contribution in [0.3, 0.4) is 0 Å². The van der Waals surface area contributed by atoms with Gasteiger partial charge < -0.3 is 9.47 Å². The van der Waals surface area contributed by atoms with Crippen molar-refractivity contribution < 1.29 is 70.9 Å². The highest BCUT2D eigenvalue weighted by atomic mass is 19.4. The van der Waals surface area contributed by atoms with Crippen LogP contribution in [0.4, 0.5) is 61.5 Å². The molecule has 0 atom stereocenters. The summed E-state index contributed by atoms with van der Waals surface area (Å²) in [6.07, 6.45) is -15.1. The van der Waals surface area contributed by atoms with Crippen LogP contribution in [0.5, 0.6) is 11.5 Å². The Bertz CT molecular complexity index is 2270. The van der Waals surface area contributed by atoms with E-state index in [1.807, 2.05) is 0 Å². The molecule has 264 valence electrons. The zero-order valence-corrected chi connectivity index (χ0v) is 24.2. The molecular formula is C30H4F14N6O2. The summed E-state index contributed by atoms with van der Waals surface area (Å²) >= 11 is 0. The molecule has 2 aliphatic rings. The summed E-state index contributed by atoms with van der Waals surface area (Å²) in [5.41, 5.74) is -13.9. The van der Waals surface area contributed by atoms with Gasteiger partial charge in [0.1, 0.15) is 42.4 Å². The number of aromatic nitrogens is 2. The molecular weight excluding hydrogens is 742 g/mol. The molecule has 2 heterocycles. The molecule has 0 fully saturated rings. The van der Waals surface area contributed by atoms with Gasteiger partial charge in [-0.3, -0.25) is 0 Å². The minimum absolute atomic E-state index is 1.14. The fourth-order valence-corrected chi connectivity index (χ4v) is 5.65. The summed E-state index contributed by atoms with van der Waals surface area (Å²) in [5, 5.41) is 15.9. The standard InChI is InChI=1S/C30H4F14N6O2/c1-47-28(48-2)11-4-10-15(13(11)17-20(33)26(37)50-27(38)21(17)34)22(51-29(39,40)41)9-3-8(7(5-45)6-46)12(14(9)23(10)52-30(42,43)44)16-18(31)24(35)49-25(36)19(16)32/h3-4H2. The van der Waals surface area contributed by atoms with Crippen molar-refractivity contribution in [3.05, 3.63) is 125 Å². The Morgan fingerprint density at radius 1 is 0.596 bits per heavy atom. The lowest BCUT2D eigenvalue weighted by molar-refractivity contribution is -0.277. The Kier molecular flexibility index (Phi) is 8.85. The van der Waals surface area contributed by atoms with E-state index in [1.165, 1.54) is 0 Å². The lowest BCUT2D eigenvalue weighted by Crippen LogP contribution is -2.32. The van der Waals surface area contributed by atoms with Crippen molar-refractivity contribution in [2.24, 2.45) is 0 Å². The van der Waals surface area contributed by atoms with Gasteiger partial charge in [-0.1, -0.05) is 0 Å². The Balaban J connectivity index is 2.29. The minimum atomic E-state index is -5.99. The fourth-order valence-electron chi connectivity index (χ4n) is 5.65. The fraction of sp³-hybridized carbons (Fsp3) is 0.133. The van der Waals surface area contributed by atoms with Crippen LogP contribution in [0.15, 0.2) is 22.5 Å². The molecule has 0 amide bonds. The van der Waals surface area contributed by atoms with Gasteiger partial charge in [0.05, 0.1) is 16.7 Å². The molecule has 0 bridgehead atoms. The van der Waals surface area contributed by atoms with Gasteiger partial charge in [0.2, 0.25) is 0 Å². The van der Waals surface area contributed by atoms with E-state index in [0.717, 1.165) is 12.1 Å². The van der Waals surface area contributed by atoms with Crippen molar-refractivity contribution in [1.29, 1.82) is 10.5 Å². The van der Waals surface area contributed by atoms with E-state index in [4.69, 9.17) is 13.1 Å². The third kappa shape index (κ3) is 5.83. The average molecular weight is 746 g/mol. The zero-order valence-electron chi connectivity index (χ0n) is 24.2. The number of hydrogen-bond acceptors (Lipinski definition) is 6. The molecule has 1 aromatic carbocycles. The lowest BCUT2D eigenvalue weighted by atomic mass is 9.95. The molecule has 0 saturated heterocycles. The second-order valence-corrected chi connectivity index (χ2v) is 10.1. The van der Waals surface area contributed by atoms with E-state index in [0.29, 0.717) is 0 Å². The van der Waals surface area contributed by atoms with Crippen molar-refractivity contribution in [2.75, 3.05) is 0 Å². The SMILES string of the molecule is [C-]#[N+]C([N+]#[C-])=C1Cc2c(OC(F)(F)F)c3c(c(OC(F)(F)F)c2=C1c1c(F)c(F)nc(F)c1F)CC(=C(C#N)C#N)C=3c1c(F)c(F)nc(F)c1F. The molecule has 0 unspecified atom stereocenters. The maximum Gasteiger partial charge on any atom is 0.573 e. The molecule has 0 radical (unpaired) electrons. The van der Waals surface area contributed by atoms with Crippen molar-refractivity contribution >= 4 is 11.1 Å². The van der Waals surface area contributed by atoms with E-state index in [9.17, 15) is 54.4 Å². The number of nitriles is 2. The van der Waals surface area contributed by atoms with Crippen LogP contribution in [-0.2, 0) is 12.8 Å². The highest BCUT2D eigenvalue weighted by molar-refractivity contribution is 5.92. The maximum atomic E-state index is 15.3. The quantitative estimate of drug-likeness (QED) is 0.135. The number of ether oxygens (including phenoxy) is 2. The van der Waals surface area contributed by atoms with Gasteiger partial charge in [-0.25, -0.2) is 17.6 Å². The Labute approximate surface area is 277 Å². The smallest absolute Gasteiger partial charge is 0.405 e. The summed E-state index contributed by atoms with van der Waals surface area (Å²) in [5.74, 6) is -25.2. The molecule has 5 rings (SSSR count). The van der Waals surface area contributed by atoms with E-state index in [1.54, 1.807) is 0 Å². The Morgan fingerprint density at radius 3 is 1.23 bits per heavy atom. The van der Waals surface area contributed by atoms with Crippen molar-refractivity contribution in [3.8, 4) is 23.6 Å². The highest BCUT2D eigenvalue weighted by Crippen LogP contribution is 2.45. The van der Waals surface area contributed by atoms with Crippen LogP contribution >= 0.6 is 0 Å². The van der Waals surface area contributed by atoms with Crippen LogP contribution < -0.4 is 19.9 Å². The molecule has 0 aliphatic heterocycles. The molecule has 2 aromatic heterocycles. The van der Waals surface area contributed by atoms with E-state index in [-0.39, 0.29) is 0 Å². The molecule has 8 nitrogen and oxygen atoms in total. The van der Waals surface area contributed by atoms with E-state index in [2.05, 4.69) is 29.1 Å². The first kappa shape index (κ1) is 36.6. The predicted octanol–water partition coefficient (Wildman–Crippen LogP) is 6.29. The van der Waals surface area contributed by atoms with Gasteiger partial charge in [-0.2, -0.15) is 47.7 Å². The molecule has 0 spiro atoms. The van der Waals surface area contributed by atoms with Gasteiger partial charge in [-0.05, 0) is 5.57 Å². The Morgan fingerprint density at radius 2 is 0.923 bits per heavy atom. The summed E-state index contributed by atoms with van der Waals surface area (Å²) in [6.45, 7) is 14.6. The molecule has 0 saturated carbocycles. The summed E-state index contributed by atoms with van der Waals surface area (Å²) < 4.78 is 211. The number of alkyl halides is 6. The first-order valence-electron chi connectivity index (χ1n) is 13.1. The third-order valence-electron chi connectivity index (χ3n) is 7.35. The minimum Gasteiger partial charge on any atom is -0.405 e. The van der Waals surface area contributed by atoms with Crippen LogP contribution in [0, 0.1) is 82.9 Å². The number of allylic oxidation sites excluding steroid dienone is 3. The molecule has 52 heavy (non-hydrogen) atoms. The normalized spacial score (nSPS) is 13.6. The topological polar surface area (TPSA) is 101 Å². The summed E-state index contributed by atoms with van der Waals surface area (Å²) in [6, 6.07) is 2.29. The third-order valence-corrected chi connectivity index (χ3v) is 7.35.